The van der Waals surface area contributed by atoms with Gasteiger partial charge in [0.1, 0.15) is 5.75 Å². The summed E-state index contributed by atoms with van der Waals surface area (Å²) in [6.45, 7) is 3.10. The summed E-state index contributed by atoms with van der Waals surface area (Å²) >= 11 is 5.86. The van der Waals surface area contributed by atoms with Crippen molar-refractivity contribution in [1.82, 2.24) is 5.32 Å². The predicted molar refractivity (Wildman–Crippen MR) is 89.8 cm³/mol. The van der Waals surface area contributed by atoms with Crippen LogP contribution in [0.25, 0.3) is 0 Å². The smallest absolute Gasteiger partial charge is 0.319 e. The minimum Gasteiger partial charge on any atom is -0.493 e. The van der Waals surface area contributed by atoms with Gasteiger partial charge < -0.3 is 15.4 Å². The molecule has 0 aliphatic carbocycles. The topological polar surface area (TPSA) is 50.4 Å². The number of ether oxygens (including phenoxy) is 1. The first kappa shape index (κ1) is 16.2. The number of rotatable bonds is 6. The van der Waals surface area contributed by atoms with Gasteiger partial charge in [-0.15, -0.1) is 0 Å². The Kier molecular flexibility index (Phi) is 6.10. The van der Waals surface area contributed by atoms with Crippen LogP contribution in [0.15, 0.2) is 48.5 Å². The van der Waals surface area contributed by atoms with Crippen molar-refractivity contribution in [3.8, 4) is 5.75 Å². The molecule has 0 saturated carbocycles. The van der Waals surface area contributed by atoms with Crippen LogP contribution in [0.2, 0.25) is 5.02 Å². The van der Waals surface area contributed by atoms with Crippen molar-refractivity contribution in [2.24, 2.45) is 0 Å². The highest BCUT2D eigenvalue weighted by Crippen LogP contribution is 2.16. The number of carbonyl (C=O) groups is 1. The Morgan fingerprint density at radius 2 is 2.00 bits per heavy atom. The minimum atomic E-state index is -0.252. The van der Waals surface area contributed by atoms with E-state index in [2.05, 4.69) is 10.6 Å². The van der Waals surface area contributed by atoms with E-state index in [0.29, 0.717) is 23.9 Å². The van der Waals surface area contributed by atoms with Crippen LogP contribution in [0.3, 0.4) is 0 Å². The molecule has 0 atom stereocenters. The Hall–Kier alpha value is -2.20. The van der Waals surface area contributed by atoms with Crippen LogP contribution in [0.1, 0.15) is 12.0 Å². The largest absolute Gasteiger partial charge is 0.493 e. The number of benzene rings is 2. The van der Waals surface area contributed by atoms with Gasteiger partial charge in [0.25, 0.3) is 0 Å². The van der Waals surface area contributed by atoms with Gasteiger partial charge in [-0.2, -0.15) is 0 Å². The van der Waals surface area contributed by atoms with Crippen LogP contribution >= 0.6 is 11.6 Å². The Morgan fingerprint density at radius 3 is 2.77 bits per heavy atom. The second-order valence-electron chi connectivity index (χ2n) is 4.86. The number of amides is 2. The molecule has 2 aromatic rings. The highest BCUT2D eigenvalue weighted by molar-refractivity contribution is 6.30. The number of aryl methyl sites for hydroxylation is 1. The number of nitrogens with one attached hydrogen (secondary N) is 2. The fraction of sp³-hybridized carbons (Fsp3) is 0.235. The standard InChI is InChI=1S/C17H19ClN2O2/c1-13-6-2-3-9-16(13)22-11-5-10-19-17(21)20-15-8-4-7-14(18)12-15/h2-4,6-9,12H,5,10-11H2,1H3,(H2,19,20,21). The van der Waals surface area contributed by atoms with E-state index >= 15 is 0 Å². The Balaban J connectivity index is 1.64. The summed E-state index contributed by atoms with van der Waals surface area (Å²) in [5, 5.41) is 6.09. The molecule has 116 valence electrons. The van der Waals surface area contributed by atoms with E-state index in [-0.39, 0.29) is 6.03 Å². The summed E-state index contributed by atoms with van der Waals surface area (Å²) < 4.78 is 5.66. The SMILES string of the molecule is Cc1ccccc1OCCCNC(=O)Nc1cccc(Cl)c1. The first-order valence-corrected chi connectivity index (χ1v) is 7.52. The zero-order valence-corrected chi connectivity index (χ0v) is 13.2. The van der Waals surface area contributed by atoms with E-state index < -0.39 is 0 Å². The molecule has 4 nitrogen and oxygen atoms in total. The van der Waals surface area contributed by atoms with Crippen molar-refractivity contribution in [3.63, 3.8) is 0 Å². The van der Waals surface area contributed by atoms with Gasteiger partial charge in [0.05, 0.1) is 6.61 Å². The van der Waals surface area contributed by atoms with E-state index in [0.717, 1.165) is 17.7 Å². The molecule has 2 rings (SSSR count). The molecule has 0 unspecified atom stereocenters. The van der Waals surface area contributed by atoms with Crippen LogP contribution in [-0.4, -0.2) is 19.2 Å². The average Bonchev–Trinajstić information content (AvgIpc) is 2.48. The number of hydrogen-bond acceptors (Lipinski definition) is 2. The zero-order valence-electron chi connectivity index (χ0n) is 12.4. The van der Waals surface area contributed by atoms with Crippen molar-refractivity contribution in [2.45, 2.75) is 13.3 Å². The highest BCUT2D eigenvalue weighted by Gasteiger charge is 2.02. The maximum atomic E-state index is 11.7. The second kappa shape index (κ2) is 8.29. The molecule has 5 heteroatoms. The zero-order chi connectivity index (χ0) is 15.8. The molecule has 2 aromatic carbocycles. The van der Waals surface area contributed by atoms with E-state index in [4.69, 9.17) is 16.3 Å². The van der Waals surface area contributed by atoms with Crippen LogP contribution in [0.5, 0.6) is 5.75 Å². The van der Waals surface area contributed by atoms with Gasteiger partial charge in [0.15, 0.2) is 0 Å². The molecule has 0 aliphatic rings. The third kappa shape index (κ3) is 5.30. The van der Waals surface area contributed by atoms with E-state index in [1.54, 1.807) is 24.3 Å². The summed E-state index contributed by atoms with van der Waals surface area (Å²) in [5.74, 6) is 0.880. The third-order valence-corrected chi connectivity index (χ3v) is 3.28. The van der Waals surface area contributed by atoms with Crippen LogP contribution in [0.4, 0.5) is 10.5 Å². The summed E-state index contributed by atoms with van der Waals surface area (Å²) in [5.41, 5.74) is 1.77. The summed E-state index contributed by atoms with van der Waals surface area (Å²) in [7, 11) is 0. The lowest BCUT2D eigenvalue weighted by atomic mass is 10.2. The van der Waals surface area contributed by atoms with Gasteiger partial charge in [-0.25, -0.2) is 4.79 Å². The van der Waals surface area contributed by atoms with Gasteiger partial charge in [-0.05, 0) is 43.2 Å². The molecule has 0 fully saturated rings. The number of para-hydroxylation sites is 1. The molecule has 0 aliphatic heterocycles. The molecule has 0 spiro atoms. The van der Waals surface area contributed by atoms with E-state index in [1.807, 2.05) is 31.2 Å². The van der Waals surface area contributed by atoms with Crippen LogP contribution in [0, 0.1) is 6.92 Å². The fourth-order valence-electron chi connectivity index (χ4n) is 1.92. The molecular weight excluding hydrogens is 300 g/mol. The van der Waals surface area contributed by atoms with Crippen LogP contribution in [-0.2, 0) is 0 Å². The third-order valence-electron chi connectivity index (χ3n) is 3.04. The van der Waals surface area contributed by atoms with Crippen molar-refractivity contribution < 1.29 is 9.53 Å². The molecule has 2 amide bonds. The minimum absolute atomic E-state index is 0.252. The van der Waals surface area contributed by atoms with E-state index in [1.165, 1.54) is 0 Å². The number of urea groups is 1. The lowest BCUT2D eigenvalue weighted by molar-refractivity contribution is 0.250. The molecule has 0 heterocycles. The molecule has 2 N–H and O–H groups in total. The first-order valence-electron chi connectivity index (χ1n) is 7.14. The van der Waals surface area contributed by atoms with Crippen molar-refractivity contribution >= 4 is 23.3 Å². The molecule has 0 radical (unpaired) electrons. The quantitative estimate of drug-likeness (QED) is 0.783. The van der Waals surface area contributed by atoms with Gasteiger partial charge in [-0.1, -0.05) is 35.9 Å². The number of anilines is 1. The van der Waals surface area contributed by atoms with E-state index in [9.17, 15) is 4.79 Å². The van der Waals surface area contributed by atoms with Gasteiger partial charge >= 0.3 is 6.03 Å². The fourth-order valence-corrected chi connectivity index (χ4v) is 2.11. The number of carbonyl (C=O) groups excluding carboxylic acids is 1. The maximum Gasteiger partial charge on any atom is 0.319 e. The normalized spacial score (nSPS) is 10.1. The Bertz CT molecular complexity index is 632. The van der Waals surface area contributed by atoms with Crippen LogP contribution < -0.4 is 15.4 Å². The summed E-state index contributed by atoms with van der Waals surface area (Å²) in [6, 6.07) is 14.6. The lowest BCUT2D eigenvalue weighted by Gasteiger charge is -2.10. The van der Waals surface area contributed by atoms with Gasteiger partial charge in [-0.3, -0.25) is 0 Å². The number of halogens is 1. The molecular formula is C17H19ClN2O2. The average molecular weight is 319 g/mol. The predicted octanol–water partition coefficient (Wildman–Crippen LogP) is 4.24. The van der Waals surface area contributed by atoms with Crippen molar-refractivity contribution in [2.75, 3.05) is 18.5 Å². The molecule has 22 heavy (non-hydrogen) atoms. The van der Waals surface area contributed by atoms with Gasteiger partial charge in [0.2, 0.25) is 0 Å². The highest BCUT2D eigenvalue weighted by atomic mass is 35.5. The number of hydrogen-bond donors (Lipinski definition) is 2. The second-order valence-corrected chi connectivity index (χ2v) is 5.30. The summed E-state index contributed by atoms with van der Waals surface area (Å²) in [6.07, 6.45) is 0.733. The first-order chi connectivity index (χ1) is 10.6. The molecule has 0 bridgehead atoms. The summed E-state index contributed by atoms with van der Waals surface area (Å²) in [4.78, 5) is 11.7. The van der Waals surface area contributed by atoms with Crippen molar-refractivity contribution in [1.29, 1.82) is 0 Å². The molecule has 0 aromatic heterocycles. The Labute approximate surface area is 135 Å². The van der Waals surface area contributed by atoms with Gasteiger partial charge in [0, 0.05) is 17.3 Å². The lowest BCUT2D eigenvalue weighted by Crippen LogP contribution is -2.30. The monoisotopic (exact) mass is 318 g/mol. The maximum absolute atomic E-state index is 11.7. The van der Waals surface area contributed by atoms with Crippen molar-refractivity contribution in [3.05, 3.63) is 59.1 Å². The Morgan fingerprint density at radius 1 is 1.18 bits per heavy atom. The molecule has 0 saturated heterocycles.